The van der Waals surface area contributed by atoms with Crippen molar-refractivity contribution in [3.05, 3.63) is 59.2 Å². The summed E-state index contributed by atoms with van der Waals surface area (Å²) in [5.74, 6) is 1.03. The molecule has 0 radical (unpaired) electrons. The summed E-state index contributed by atoms with van der Waals surface area (Å²) in [6, 6.07) is 15.4. The van der Waals surface area contributed by atoms with Gasteiger partial charge in [-0.15, -0.1) is 0 Å². The Hall–Kier alpha value is -1.60. The minimum absolute atomic E-state index is 0.955. The summed E-state index contributed by atoms with van der Waals surface area (Å²) in [6.07, 6.45) is 11.1. The van der Waals surface area contributed by atoms with E-state index in [9.17, 15) is 0 Å². The number of hydrogen-bond donors (Lipinski definition) is 0. The third-order valence-electron chi connectivity index (χ3n) is 5.63. The van der Waals surface area contributed by atoms with Gasteiger partial charge in [0, 0.05) is 13.7 Å². The van der Waals surface area contributed by atoms with Crippen LogP contribution < -0.4 is 0 Å². The zero-order valence-electron chi connectivity index (χ0n) is 15.9. The van der Waals surface area contributed by atoms with E-state index in [-0.39, 0.29) is 0 Å². The standard InChI is InChI=1S/C14H12.C10H20O/c1-10-6-7-14-12(8-10)9-11-4-2-3-5-13(11)14;1-11-9-5-8-10-6-3-2-4-7-10/h2-8H,9H2,1H3;10H,2-9H2,1H3. The summed E-state index contributed by atoms with van der Waals surface area (Å²) < 4.78 is 5.03. The first-order valence-electron chi connectivity index (χ1n) is 9.94. The lowest BCUT2D eigenvalue weighted by molar-refractivity contribution is 0.181. The molecular weight excluding hydrogens is 304 g/mol. The van der Waals surface area contributed by atoms with Gasteiger partial charge in [-0.05, 0) is 54.4 Å². The van der Waals surface area contributed by atoms with Gasteiger partial charge in [-0.2, -0.15) is 0 Å². The fourth-order valence-electron chi connectivity index (χ4n) is 4.27. The molecule has 0 spiro atoms. The zero-order valence-corrected chi connectivity index (χ0v) is 15.9. The average molecular weight is 337 g/mol. The van der Waals surface area contributed by atoms with Crippen LogP contribution in [0.5, 0.6) is 0 Å². The van der Waals surface area contributed by atoms with E-state index in [2.05, 4.69) is 49.4 Å². The molecule has 4 rings (SSSR count). The molecule has 0 amide bonds. The quantitative estimate of drug-likeness (QED) is 0.490. The zero-order chi connectivity index (χ0) is 17.5. The molecule has 2 aliphatic carbocycles. The normalized spacial score (nSPS) is 15.9. The van der Waals surface area contributed by atoms with Crippen LogP contribution in [0.25, 0.3) is 11.1 Å². The lowest BCUT2D eigenvalue weighted by atomic mass is 9.86. The summed E-state index contributed by atoms with van der Waals surface area (Å²) in [5, 5.41) is 0. The van der Waals surface area contributed by atoms with Crippen LogP contribution in [0.2, 0.25) is 0 Å². The molecule has 2 aromatic rings. The smallest absolute Gasteiger partial charge is 0.0462 e. The number of ether oxygens (including phenoxy) is 1. The Kier molecular flexibility index (Phi) is 6.69. The van der Waals surface area contributed by atoms with Crippen molar-refractivity contribution in [2.75, 3.05) is 13.7 Å². The van der Waals surface area contributed by atoms with Crippen molar-refractivity contribution in [1.82, 2.24) is 0 Å². The van der Waals surface area contributed by atoms with Crippen LogP contribution >= 0.6 is 0 Å². The molecule has 0 aromatic heterocycles. The van der Waals surface area contributed by atoms with Crippen LogP contribution in [0, 0.1) is 12.8 Å². The van der Waals surface area contributed by atoms with E-state index < -0.39 is 0 Å². The molecule has 0 N–H and O–H groups in total. The van der Waals surface area contributed by atoms with Crippen molar-refractivity contribution >= 4 is 0 Å². The van der Waals surface area contributed by atoms with Gasteiger partial charge in [-0.25, -0.2) is 0 Å². The number of aryl methyl sites for hydroxylation is 1. The number of fused-ring (bicyclic) bond motifs is 3. The molecule has 0 aliphatic heterocycles. The Morgan fingerprint density at radius 1 is 0.920 bits per heavy atom. The average Bonchev–Trinajstić information content (AvgIpc) is 3.01. The van der Waals surface area contributed by atoms with Gasteiger partial charge in [0.15, 0.2) is 0 Å². The van der Waals surface area contributed by atoms with Crippen LogP contribution in [0.1, 0.15) is 61.6 Å². The van der Waals surface area contributed by atoms with E-state index in [1.165, 1.54) is 72.8 Å². The molecule has 0 saturated heterocycles. The number of rotatable bonds is 4. The number of methoxy groups -OCH3 is 1. The minimum atomic E-state index is 0.955. The highest BCUT2D eigenvalue weighted by Crippen LogP contribution is 2.36. The SMILES string of the molecule is COCCCC1CCCCC1.Cc1ccc2c(c1)Cc1ccccc1-2. The van der Waals surface area contributed by atoms with Crippen LogP contribution in [-0.4, -0.2) is 13.7 Å². The van der Waals surface area contributed by atoms with E-state index in [1.807, 2.05) is 0 Å². The summed E-state index contributed by atoms with van der Waals surface area (Å²) >= 11 is 0. The fraction of sp³-hybridized carbons (Fsp3) is 0.500. The van der Waals surface area contributed by atoms with Crippen LogP contribution in [0.3, 0.4) is 0 Å². The second kappa shape index (κ2) is 9.20. The Morgan fingerprint density at radius 2 is 1.68 bits per heavy atom. The topological polar surface area (TPSA) is 9.23 Å². The van der Waals surface area contributed by atoms with Crippen molar-refractivity contribution in [1.29, 1.82) is 0 Å². The van der Waals surface area contributed by atoms with Gasteiger partial charge in [0.2, 0.25) is 0 Å². The lowest BCUT2D eigenvalue weighted by Crippen LogP contribution is -2.06. The second-order valence-corrected chi connectivity index (χ2v) is 7.63. The van der Waals surface area contributed by atoms with Crippen molar-refractivity contribution in [2.24, 2.45) is 5.92 Å². The highest BCUT2D eigenvalue weighted by atomic mass is 16.5. The van der Waals surface area contributed by atoms with Crippen molar-refractivity contribution in [3.63, 3.8) is 0 Å². The molecule has 1 fully saturated rings. The van der Waals surface area contributed by atoms with E-state index in [1.54, 1.807) is 7.11 Å². The molecule has 1 nitrogen and oxygen atoms in total. The van der Waals surface area contributed by atoms with Gasteiger partial charge in [0.1, 0.15) is 0 Å². The van der Waals surface area contributed by atoms with Crippen LogP contribution in [0.4, 0.5) is 0 Å². The Bertz CT molecular complexity index is 668. The van der Waals surface area contributed by atoms with Crippen molar-refractivity contribution < 1.29 is 4.74 Å². The lowest BCUT2D eigenvalue weighted by Gasteiger charge is -2.20. The molecule has 1 heteroatoms. The maximum Gasteiger partial charge on any atom is 0.0462 e. The molecule has 134 valence electrons. The van der Waals surface area contributed by atoms with Gasteiger partial charge >= 0.3 is 0 Å². The van der Waals surface area contributed by atoms with Gasteiger partial charge in [-0.1, -0.05) is 80.1 Å². The van der Waals surface area contributed by atoms with Crippen LogP contribution in [0.15, 0.2) is 42.5 Å². The predicted octanol–water partition coefficient (Wildman–Crippen LogP) is 6.56. The predicted molar refractivity (Wildman–Crippen MR) is 107 cm³/mol. The van der Waals surface area contributed by atoms with Crippen LogP contribution in [-0.2, 0) is 11.2 Å². The largest absolute Gasteiger partial charge is 0.385 e. The summed E-state index contributed by atoms with van der Waals surface area (Å²) in [4.78, 5) is 0. The molecule has 1 saturated carbocycles. The maximum atomic E-state index is 5.03. The van der Waals surface area contributed by atoms with E-state index in [0.717, 1.165) is 18.9 Å². The molecule has 0 bridgehead atoms. The molecule has 2 aromatic carbocycles. The van der Waals surface area contributed by atoms with Gasteiger partial charge in [-0.3, -0.25) is 0 Å². The summed E-state index contributed by atoms with van der Waals surface area (Å²) in [5.41, 5.74) is 7.14. The van der Waals surface area contributed by atoms with E-state index in [4.69, 9.17) is 4.74 Å². The van der Waals surface area contributed by atoms with E-state index >= 15 is 0 Å². The second-order valence-electron chi connectivity index (χ2n) is 7.63. The highest BCUT2D eigenvalue weighted by molar-refractivity contribution is 5.76. The number of benzene rings is 2. The first-order chi connectivity index (χ1) is 12.3. The Morgan fingerprint density at radius 3 is 2.48 bits per heavy atom. The molecule has 25 heavy (non-hydrogen) atoms. The molecule has 0 unspecified atom stereocenters. The molecular formula is C24H32O. The molecule has 0 atom stereocenters. The fourth-order valence-corrected chi connectivity index (χ4v) is 4.27. The minimum Gasteiger partial charge on any atom is -0.385 e. The monoisotopic (exact) mass is 336 g/mol. The molecule has 2 aliphatic rings. The highest BCUT2D eigenvalue weighted by Gasteiger charge is 2.16. The third-order valence-corrected chi connectivity index (χ3v) is 5.63. The van der Waals surface area contributed by atoms with Gasteiger partial charge in [0.05, 0.1) is 0 Å². The van der Waals surface area contributed by atoms with Gasteiger partial charge in [0.25, 0.3) is 0 Å². The Labute approximate surface area is 153 Å². The molecule has 0 heterocycles. The first-order valence-corrected chi connectivity index (χ1v) is 9.94. The number of hydrogen-bond acceptors (Lipinski definition) is 1. The third kappa shape index (κ3) is 4.95. The van der Waals surface area contributed by atoms with Gasteiger partial charge < -0.3 is 4.74 Å². The Balaban J connectivity index is 0.000000151. The van der Waals surface area contributed by atoms with Crippen molar-refractivity contribution in [3.8, 4) is 11.1 Å². The maximum absolute atomic E-state index is 5.03. The van der Waals surface area contributed by atoms with E-state index in [0.29, 0.717) is 0 Å². The summed E-state index contributed by atoms with van der Waals surface area (Å²) in [6.45, 7) is 3.11. The summed E-state index contributed by atoms with van der Waals surface area (Å²) in [7, 11) is 1.79. The first kappa shape index (κ1) is 18.2. The van der Waals surface area contributed by atoms with Crippen molar-refractivity contribution in [2.45, 2.75) is 58.3 Å².